The van der Waals surface area contributed by atoms with Crippen LogP contribution in [0, 0.1) is 0 Å². The first-order chi connectivity index (χ1) is 49.7. The Hall–Kier alpha value is -9.09. The molecule has 0 saturated heterocycles. The van der Waals surface area contributed by atoms with Crippen LogP contribution in [0.1, 0.15) is 49.3 Å². The third kappa shape index (κ3) is 20.2. The fourth-order valence-corrected chi connectivity index (χ4v) is 14.2. The van der Waals surface area contributed by atoms with E-state index in [0.29, 0.717) is 39.5 Å². The number of hydrogen-bond acceptors (Lipinski definition) is 13. The summed E-state index contributed by atoms with van der Waals surface area (Å²) in [6.45, 7) is 0. The summed E-state index contributed by atoms with van der Waals surface area (Å²) in [7, 11) is 0. The fraction of sp³-hybridized carbons (Fsp3) is 0.159. The molecule has 564 valence electrons. The maximum absolute atomic E-state index is 13.4. The monoisotopic (exact) mass is 1660 g/mol. The Morgan fingerprint density at radius 1 is 0.430 bits per heavy atom. The Balaban J connectivity index is 0.000000170. The highest BCUT2D eigenvalue weighted by molar-refractivity contribution is 8.00. The van der Waals surface area contributed by atoms with E-state index in [4.69, 9.17) is 92.6 Å². The van der Waals surface area contributed by atoms with Crippen molar-refractivity contribution in [2.24, 2.45) is 0 Å². The first kappa shape index (κ1) is 83.5. The second-order valence-electron chi connectivity index (χ2n) is 22.1. The average Bonchev–Trinajstić information content (AvgIpc) is 0.758. The number of phenols is 1. The van der Waals surface area contributed by atoms with Crippen LogP contribution in [0.5, 0.6) is 23.0 Å². The number of hydrogen-bond donors (Lipinski definition) is 6. The lowest BCUT2D eigenvalue weighted by atomic mass is 9.87. The summed E-state index contributed by atoms with van der Waals surface area (Å²) in [5.41, 5.74) is -2.22. The van der Waals surface area contributed by atoms with Gasteiger partial charge in [-0.1, -0.05) is 88.3 Å². The third-order valence-corrected chi connectivity index (χ3v) is 19.7. The molecule has 0 radical (unpaired) electrons. The Bertz CT molecular complexity index is 4750. The summed E-state index contributed by atoms with van der Waals surface area (Å²) in [5.74, 6) is -9.24. The molecular formula is C69H40Cl5F15O15S3. The third-order valence-electron chi connectivity index (χ3n) is 14.8. The number of benzene rings is 7. The Labute approximate surface area is 629 Å². The lowest BCUT2D eigenvalue weighted by Gasteiger charge is -2.30. The van der Waals surface area contributed by atoms with Gasteiger partial charge in [-0.25, -0.2) is 24.0 Å². The highest BCUT2D eigenvalue weighted by Crippen LogP contribution is 2.51. The van der Waals surface area contributed by atoms with E-state index in [1.54, 1.807) is 48.5 Å². The number of fused-ring (bicyclic) bond motifs is 5. The van der Waals surface area contributed by atoms with Crippen molar-refractivity contribution in [1.82, 2.24) is 0 Å². The van der Waals surface area contributed by atoms with Gasteiger partial charge in [-0.05, 0) is 150 Å². The number of ether oxygens (including phenoxy) is 3. The van der Waals surface area contributed by atoms with Crippen molar-refractivity contribution in [3.8, 4) is 23.0 Å². The van der Waals surface area contributed by atoms with E-state index in [1.165, 1.54) is 96.7 Å². The summed E-state index contributed by atoms with van der Waals surface area (Å²) in [5, 5.41) is 50.8. The van der Waals surface area contributed by atoms with Crippen molar-refractivity contribution in [1.29, 1.82) is 0 Å². The van der Waals surface area contributed by atoms with Crippen LogP contribution in [-0.2, 0) is 24.0 Å². The Kier molecular flexibility index (Phi) is 25.9. The van der Waals surface area contributed by atoms with Crippen molar-refractivity contribution in [3.63, 3.8) is 0 Å². The summed E-state index contributed by atoms with van der Waals surface area (Å²) in [6, 6.07) is 31.5. The van der Waals surface area contributed by atoms with Crippen molar-refractivity contribution in [2.75, 3.05) is 6.26 Å². The molecule has 5 heterocycles. The van der Waals surface area contributed by atoms with E-state index in [1.807, 2.05) is 6.26 Å². The van der Waals surface area contributed by atoms with Crippen molar-refractivity contribution in [2.45, 2.75) is 74.4 Å². The molecule has 0 aromatic heterocycles. The lowest BCUT2D eigenvalue weighted by Crippen LogP contribution is -2.41. The van der Waals surface area contributed by atoms with Gasteiger partial charge in [-0.2, -0.15) is 65.9 Å². The van der Waals surface area contributed by atoms with Gasteiger partial charge in [-0.3, -0.25) is 4.79 Å². The molecule has 0 spiro atoms. The minimum absolute atomic E-state index is 0.0207. The van der Waals surface area contributed by atoms with E-state index in [-0.39, 0.29) is 92.0 Å². The number of carboxylic acid groups (broad SMARTS) is 5. The van der Waals surface area contributed by atoms with E-state index < -0.39 is 123 Å². The average molecular weight is 1670 g/mol. The van der Waals surface area contributed by atoms with Gasteiger partial charge in [0.25, 0.3) is 0 Å². The molecular weight excluding hydrogens is 1630 g/mol. The molecule has 7 aromatic rings. The van der Waals surface area contributed by atoms with Crippen LogP contribution in [0.2, 0.25) is 25.1 Å². The highest BCUT2D eigenvalue weighted by Gasteiger charge is 2.53. The second-order valence-corrected chi connectivity index (χ2v) is 27.3. The molecule has 107 heavy (non-hydrogen) atoms. The molecule has 0 aliphatic carbocycles. The molecule has 38 heteroatoms. The molecule has 6 N–H and O–H groups in total. The number of aromatic hydroxyl groups is 1. The molecule has 7 aromatic carbocycles. The molecule has 0 fully saturated rings. The Morgan fingerprint density at radius 3 is 1.43 bits per heavy atom. The molecule has 15 nitrogen and oxygen atoms in total. The number of thioether (sulfide) groups is 3. The molecule has 0 bridgehead atoms. The van der Waals surface area contributed by atoms with E-state index >= 15 is 0 Å². The molecule has 5 atom stereocenters. The number of phenolic OH excluding ortho intramolecular Hbond substituents is 1. The quantitative estimate of drug-likeness (QED) is 0.0446. The van der Waals surface area contributed by atoms with Crippen molar-refractivity contribution >= 4 is 159 Å². The zero-order valence-electron chi connectivity index (χ0n) is 52.5. The molecule has 0 saturated carbocycles. The van der Waals surface area contributed by atoms with Gasteiger partial charge in [0.05, 0.1) is 37.9 Å². The first-order valence-corrected chi connectivity index (χ1v) is 34.0. The maximum atomic E-state index is 13.4. The van der Waals surface area contributed by atoms with Gasteiger partial charge >= 0.3 is 60.7 Å². The van der Waals surface area contributed by atoms with Crippen LogP contribution in [0.4, 0.5) is 65.9 Å². The molecule has 0 amide bonds. The summed E-state index contributed by atoms with van der Waals surface area (Å²) in [6.07, 6.45) is -25.9. The number of carbonyl (C=O) groups excluding carboxylic acids is 1. The number of ketones is 1. The predicted molar refractivity (Wildman–Crippen MR) is 366 cm³/mol. The molecule has 5 aliphatic rings. The predicted octanol–water partition coefficient (Wildman–Crippen LogP) is 20.2. The van der Waals surface area contributed by atoms with Gasteiger partial charge in [0, 0.05) is 63.1 Å². The molecule has 4 unspecified atom stereocenters. The van der Waals surface area contributed by atoms with Crippen LogP contribution in [0.15, 0.2) is 176 Å². The van der Waals surface area contributed by atoms with Crippen LogP contribution in [-0.4, -0.2) is 132 Å². The van der Waals surface area contributed by atoms with Crippen LogP contribution in [0.25, 0.3) is 29.9 Å². The van der Waals surface area contributed by atoms with Gasteiger partial charge in [0.15, 0.2) is 5.78 Å². The number of aliphatic carboxylic acids is 5. The van der Waals surface area contributed by atoms with Crippen molar-refractivity contribution in [3.05, 3.63) is 231 Å². The standard InChI is InChI=1S/C18H11F3O5.C17H10ClF3O3.C12H9F3O2S2.C11H5Cl2F3O3.C11H5Cl2F3O2S/c19-18(20,21)16-13(17(24)25)8-11-7-10(3-6-14(11)26-16)15(23)9-1-4-12(22)5-2-9;18-10-6-7-12-11(8-10)13(9-4-2-1-3-5-9)14(16(22)23)15(24-12)17(19,20)21;1-18-7-2-3-9-6(4-7)5-8(11(16)17)10(19-9)12(13,14)15;2*12-5-1-4-2-6(10(17)18)9(11(14,15)16)19-8(4)7(13)3-5/h1-8,16,22H,(H,24,25);1-8,15H,(H,22,23);2-5,10H,1H3,(H,16,17);2*1-3,9H,(H,17,18)/t;;;9-;/m...0./s1. The summed E-state index contributed by atoms with van der Waals surface area (Å²) in [4.78, 5) is 69.5. The number of alkyl halides is 15. The zero-order chi connectivity index (χ0) is 79.5. The lowest BCUT2D eigenvalue weighted by molar-refractivity contribution is -0.187. The minimum atomic E-state index is -4.89. The van der Waals surface area contributed by atoms with Crippen LogP contribution >= 0.6 is 93.3 Å². The van der Waals surface area contributed by atoms with Crippen LogP contribution < -0.4 is 14.2 Å². The number of carbonyl (C=O) groups is 6. The van der Waals surface area contributed by atoms with E-state index in [9.17, 15) is 105 Å². The normalized spacial score (nSPS) is 17.7. The molecule has 5 aliphatic heterocycles. The topological polar surface area (TPSA) is 251 Å². The number of rotatable bonds is 9. The fourth-order valence-electron chi connectivity index (χ4n) is 10.2. The van der Waals surface area contributed by atoms with Gasteiger partial charge < -0.3 is 44.8 Å². The summed E-state index contributed by atoms with van der Waals surface area (Å²) < 4.78 is 209. The van der Waals surface area contributed by atoms with Gasteiger partial charge in [0.2, 0.25) is 18.3 Å². The van der Waals surface area contributed by atoms with Gasteiger partial charge in [0.1, 0.15) is 33.5 Å². The number of carboxylic acids is 5. The smallest absolute Gasteiger partial charge is 0.430 e. The zero-order valence-corrected chi connectivity index (χ0v) is 58.8. The maximum Gasteiger partial charge on any atom is 0.430 e. The van der Waals surface area contributed by atoms with Gasteiger partial charge in [-0.15, -0.1) is 35.3 Å². The van der Waals surface area contributed by atoms with E-state index in [2.05, 4.69) is 0 Å². The molecule has 12 rings (SSSR count). The first-order valence-electron chi connectivity index (χ1n) is 29.1. The SMILES string of the molecule is CSc1ccc2c(c1)C=C(C(=O)O)C(C(F)(F)F)S2.O=C(O)C1=C(c2ccccc2)c2cc(Cl)ccc2OC1C(F)(F)F.O=C(O)C1=Cc2cc(C(=O)c3ccc(O)cc3)ccc2OC1C(F)(F)F.O=C(O)C1=Cc2cc(Cl)cc(Cl)c2O[C@@H]1C(F)(F)F.O=C(O)C1=Cc2cc(Cl)cc(Cl)c2SC1C(F)(F)F. The van der Waals surface area contributed by atoms with E-state index in [0.717, 1.165) is 29.2 Å². The van der Waals surface area contributed by atoms with Crippen molar-refractivity contribution < 1.29 is 139 Å². The summed E-state index contributed by atoms with van der Waals surface area (Å²) >= 11 is 31.3. The highest BCUT2D eigenvalue weighted by atomic mass is 35.5. The number of halogens is 20. The van der Waals surface area contributed by atoms with Crippen LogP contribution in [0.3, 0.4) is 0 Å². The minimum Gasteiger partial charge on any atom is -0.508 e. The largest absolute Gasteiger partial charge is 0.508 e. The second kappa shape index (κ2) is 33.2. The Morgan fingerprint density at radius 2 is 0.907 bits per heavy atom.